The number of hydrogen-bond donors (Lipinski definition) is 1. The van der Waals surface area contributed by atoms with Crippen LogP contribution in [-0.4, -0.2) is 44.0 Å². The van der Waals surface area contributed by atoms with E-state index >= 15 is 0 Å². The SMILES string of the molecule is Cc1cc(C)n(CCc2nnc(NC(=O)c3ccnc(N4CCCC4)c3)s2)n1. The molecule has 0 aliphatic carbocycles. The van der Waals surface area contributed by atoms with Crippen LogP contribution < -0.4 is 10.2 Å². The molecule has 0 radical (unpaired) electrons. The number of hydrogen-bond acceptors (Lipinski definition) is 7. The predicted molar refractivity (Wildman–Crippen MR) is 109 cm³/mol. The van der Waals surface area contributed by atoms with Gasteiger partial charge in [-0.1, -0.05) is 11.3 Å². The number of nitrogens with one attached hydrogen (secondary N) is 1. The Morgan fingerprint density at radius 1 is 1.21 bits per heavy atom. The number of nitrogens with zero attached hydrogens (tertiary/aromatic N) is 6. The maximum Gasteiger partial charge on any atom is 0.257 e. The third kappa shape index (κ3) is 4.19. The molecule has 1 N–H and O–H groups in total. The zero-order valence-corrected chi connectivity index (χ0v) is 16.9. The lowest BCUT2D eigenvalue weighted by Crippen LogP contribution is -2.20. The van der Waals surface area contributed by atoms with Crippen molar-refractivity contribution in [2.45, 2.75) is 39.7 Å². The van der Waals surface area contributed by atoms with E-state index in [0.29, 0.717) is 10.7 Å². The number of amides is 1. The Balaban J connectivity index is 1.37. The molecule has 3 aromatic rings. The van der Waals surface area contributed by atoms with Crippen molar-refractivity contribution >= 4 is 28.2 Å². The highest BCUT2D eigenvalue weighted by molar-refractivity contribution is 7.15. The number of anilines is 2. The molecular weight excluding hydrogens is 374 g/mol. The van der Waals surface area contributed by atoms with Gasteiger partial charge in [-0.05, 0) is 44.9 Å². The van der Waals surface area contributed by atoms with E-state index in [1.807, 2.05) is 24.6 Å². The summed E-state index contributed by atoms with van der Waals surface area (Å²) in [5.41, 5.74) is 2.71. The second-order valence-corrected chi connectivity index (χ2v) is 8.01. The summed E-state index contributed by atoms with van der Waals surface area (Å²) in [5, 5.41) is 17.0. The van der Waals surface area contributed by atoms with Crippen LogP contribution in [0.25, 0.3) is 0 Å². The van der Waals surface area contributed by atoms with Crippen LogP contribution in [0.2, 0.25) is 0 Å². The Bertz CT molecular complexity index is 974. The van der Waals surface area contributed by atoms with Crippen LogP contribution in [0, 0.1) is 13.8 Å². The van der Waals surface area contributed by atoms with Gasteiger partial charge in [-0.2, -0.15) is 5.10 Å². The summed E-state index contributed by atoms with van der Waals surface area (Å²) in [5.74, 6) is 0.664. The van der Waals surface area contributed by atoms with Gasteiger partial charge >= 0.3 is 0 Å². The van der Waals surface area contributed by atoms with Crippen molar-refractivity contribution in [2.24, 2.45) is 0 Å². The summed E-state index contributed by atoms with van der Waals surface area (Å²) in [4.78, 5) is 19.2. The van der Waals surface area contributed by atoms with Gasteiger partial charge in [-0.15, -0.1) is 10.2 Å². The molecule has 28 heavy (non-hydrogen) atoms. The van der Waals surface area contributed by atoms with Gasteiger partial charge in [0, 0.05) is 43.5 Å². The topological polar surface area (TPSA) is 88.8 Å². The number of aryl methyl sites for hydroxylation is 4. The Morgan fingerprint density at radius 3 is 2.79 bits per heavy atom. The molecule has 8 nitrogen and oxygen atoms in total. The van der Waals surface area contributed by atoms with E-state index in [1.54, 1.807) is 12.3 Å². The molecular formula is C19H23N7OS. The maximum absolute atomic E-state index is 12.6. The molecule has 0 aromatic carbocycles. The fourth-order valence-corrected chi connectivity index (χ4v) is 4.08. The van der Waals surface area contributed by atoms with Crippen LogP contribution >= 0.6 is 11.3 Å². The first-order valence-corrected chi connectivity index (χ1v) is 10.3. The zero-order valence-electron chi connectivity index (χ0n) is 16.1. The van der Waals surface area contributed by atoms with E-state index in [0.717, 1.165) is 48.3 Å². The van der Waals surface area contributed by atoms with Crippen molar-refractivity contribution in [3.05, 3.63) is 46.4 Å². The number of aromatic nitrogens is 5. The van der Waals surface area contributed by atoms with E-state index < -0.39 is 0 Å². The zero-order chi connectivity index (χ0) is 19.5. The highest BCUT2D eigenvalue weighted by atomic mass is 32.1. The Morgan fingerprint density at radius 2 is 2.04 bits per heavy atom. The summed E-state index contributed by atoms with van der Waals surface area (Å²) in [7, 11) is 0. The van der Waals surface area contributed by atoms with E-state index in [2.05, 4.69) is 36.6 Å². The van der Waals surface area contributed by atoms with E-state index in [1.165, 1.54) is 24.2 Å². The molecule has 1 amide bonds. The number of carbonyl (C=O) groups is 1. The highest BCUT2D eigenvalue weighted by Crippen LogP contribution is 2.21. The standard InChI is InChI=1S/C19H23N7OS/c1-13-11-14(2)26(24-13)10-6-17-22-23-19(28-17)21-18(27)15-5-7-20-16(12-15)25-8-3-4-9-25/h5,7,11-12H,3-4,6,8-10H2,1-2H3,(H,21,23,27). The normalized spacial score (nSPS) is 13.9. The number of pyridine rings is 1. The Hall–Kier alpha value is -2.81. The number of rotatable bonds is 6. The highest BCUT2D eigenvalue weighted by Gasteiger charge is 2.16. The van der Waals surface area contributed by atoms with Gasteiger partial charge in [0.05, 0.1) is 5.69 Å². The first-order chi connectivity index (χ1) is 13.6. The first kappa shape index (κ1) is 18.5. The molecule has 1 aliphatic rings. The third-order valence-corrected chi connectivity index (χ3v) is 5.66. The molecule has 0 unspecified atom stereocenters. The summed E-state index contributed by atoms with van der Waals surface area (Å²) >= 11 is 1.40. The average molecular weight is 398 g/mol. The van der Waals surface area contributed by atoms with Crippen LogP contribution in [-0.2, 0) is 13.0 Å². The van der Waals surface area contributed by atoms with Gasteiger partial charge in [-0.25, -0.2) is 4.98 Å². The lowest BCUT2D eigenvalue weighted by molar-refractivity contribution is 0.102. The fourth-order valence-electron chi connectivity index (χ4n) is 3.36. The molecule has 0 spiro atoms. The molecule has 1 aliphatic heterocycles. The van der Waals surface area contributed by atoms with Gasteiger partial charge in [0.1, 0.15) is 10.8 Å². The summed E-state index contributed by atoms with van der Waals surface area (Å²) in [6.07, 6.45) is 4.75. The molecule has 146 valence electrons. The van der Waals surface area contributed by atoms with Crippen LogP contribution in [0.4, 0.5) is 10.9 Å². The minimum atomic E-state index is -0.191. The molecule has 0 saturated carbocycles. The van der Waals surface area contributed by atoms with Crippen LogP contribution in [0.1, 0.15) is 39.6 Å². The first-order valence-electron chi connectivity index (χ1n) is 9.44. The molecule has 3 aromatic heterocycles. The lowest BCUT2D eigenvalue weighted by atomic mass is 10.2. The van der Waals surface area contributed by atoms with Crippen molar-refractivity contribution < 1.29 is 4.79 Å². The van der Waals surface area contributed by atoms with Gasteiger partial charge < -0.3 is 4.90 Å². The van der Waals surface area contributed by atoms with Crippen molar-refractivity contribution in [1.82, 2.24) is 25.0 Å². The molecule has 4 heterocycles. The second kappa shape index (κ2) is 8.05. The second-order valence-electron chi connectivity index (χ2n) is 6.95. The van der Waals surface area contributed by atoms with Crippen LogP contribution in [0.15, 0.2) is 24.4 Å². The monoisotopic (exact) mass is 397 g/mol. The fraction of sp³-hybridized carbons (Fsp3) is 0.421. The quantitative estimate of drug-likeness (QED) is 0.688. The molecule has 1 saturated heterocycles. The molecule has 0 atom stereocenters. The average Bonchev–Trinajstić information content (AvgIpc) is 3.42. The largest absolute Gasteiger partial charge is 0.357 e. The van der Waals surface area contributed by atoms with Gasteiger partial charge in [0.25, 0.3) is 5.91 Å². The molecule has 4 rings (SSSR count). The van der Waals surface area contributed by atoms with E-state index in [-0.39, 0.29) is 5.91 Å². The van der Waals surface area contributed by atoms with Crippen molar-refractivity contribution in [3.8, 4) is 0 Å². The third-order valence-electron chi connectivity index (χ3n) is 4.77. The van der Waals surface area contributed by atoms with Gasteiger partial charge in [0.2, 0.25) is 5.13 Å². The lowest BCUT2D eigenvalue weighted by Gasteiger charge is -2.16. The van der Waals surface area contributed by atoms with Crippen molar-refractivity contribution in [3.63, 3.8) is 0 Å². The van der Waals surface area contributed by atoms with E-state index in [9.17, 15) is 4.79 Å². The Labute approximate surface area is 167 Å². The smallest absolute Gasteiger partial charge is 0.257 e. The number of carbonyl (C=O) groups excluding carboxylic acids is 1. The minimum absolute atomic E-state index is 0.191. The summed E-state index contributed by atoms with van der Waals surface area (Å²) in [6.45, 7) is 6.75. The van der Waals surface area contributed by atoms with E-state index in [4.69, 9.17) is 0 Å². The molecule has 1 fully saturated rings. The van der Waals surface area contributed by atoms with Crippen LogP contribution in [0.3, 0.4) is 0 Å². The maximum atomic E-state index is 12.6. The molecule has 0 bridgehead atoms. The van der Waals surface area contributed by atoms with Gasteiger partial charge in [0.15, 0.2) is 0 Å². The van der Waals surface area contributed by atoms with Crippen LogP contribution in [0.5, 0.6) is 0 Å². The molecule has 9 heteroatoms. The van der Waals surface area contributed by atoms with Crippen molar-refractivity contribution in [2.75, 3.05) is 23.3 Å². The Kier molecular flexibility index (Phi) is 5.34. The minimum Gasteiger partial charge on any atom is -0.357 e. The predicted octanol–water partition coefficient (Wildman–Crippen LogP) is 2.84. The van der Waals surface area contributed by atoms with Crippen molar-refractivity contribution in [1.29, 1.82) is 0 Å². The summed E-state index contributed by atoms with van der Waals surface area (Å²) < 4.78 is 1.96. The summed E-state index contributed by atoms with van der Waals surface area (Å²) in [6, 6.07) is 5.61. The van der Waals surface area contributed by atoms with Gasteiger partial charge in [-0.3, -0.25) is 14.8 Å².